The first-order valence-electron chi connectivity index (χ1n) is 6.26. The summed E-state index contributed by atoms with van der Waals surface area (Å²) in [7, 11) is 0. The van der Waals surface area contributed by atoms with Gasteiger partial charge in [0.15, 0.2) is 0 Å². The van der Waals surface area contributed by atoms with Gasteiger partial charge in [0, 0.05) is 23.2 Å². The first kappa shape index (κ1) is 15.0. The zero-order valence-electron chi connectivity index (χ0n) is 11.2. The third kappa shape index (κ3) is 3.59. The molecular weight excluding hydrogens is 282 g/mol. The van der Waals surface area contributed by atoms with Crippen molar-refractivity contribution in [1.29, 1.82) is 0 Å². The molecule has 0 radical (unpaired) electrons. The zero-order valence-corrected chi connectivity index (χ0v) is 12.0. The lowest BCUT2D eigenvalue weighted by molar-refractivity contribution is 0.165. The van der Waals surface area contributed by atoms with Gasteiger partial charge in [0.05, 0.1) is 12.1 Å². The van der Waals surface area contributed by atoms with E-state index in [0.717, 1.165) is 28.1 Å². The zero-order chi connectivity index (χ0) is 14.7. The molecule has 2 rings (SSSR count). The molecule has 6 heteroatoms. The molecule has 2 unspecified atom stereocenters. The van der Waals surface area contributed by atoms with E-state index in [1.165, 1.54) is 0 Å². The fourth-order valence-electron chi connectivity index (χ4n) is 1.83. The van der Waals surface area contributed by atoms with Gasteiger partial charge in [-0.1, -0.05) is 0 Å². The van der Waals surface area contributed by atoms with Crippen molar-refractivity contribution in [3.8, 4) is 0 Å². The van der Waals surface area contributed by atoms with Gasteiger partial charge in [-0.05, 0) is 32.0 Å². The van der Waals surface area contributed by atoms with Crippen LogP contribution in [0.5, 0.6) is 0 Å². The second kappa shape index (κ2) is 6.39. The molecule has 3 nitrogen and oxygen atoms in total. The van der Waals surface area contributed by atoms with Gasteiger partial charge in [-0.3, -0.25) is 0 Å². The molecule has 2 aromatic rings. The van der Waals surface area contributed by atoms with Crippen LogP contribution in [-0.4, -0.2) is 16.6 Å². The lowest BCUT2D eigenvalue weighted by atomic mass is 10.1. The number of nitrogens with zero attached hydrogens (tertiary/aromatic N) is 1. The minimum absolute atomic E-state index is 0.0416. The summed E-state index contributed by atoms with van der Waals surface area (Å²) in [5.41, 5.74) is -0.0416. The summed E-state index contributed by atoms with van der Waals surface area (Å²) in [4.78, 5) is 5.34. The minimum Gasteiger partial charge on any atom is -0.387 e. The molecule has 0 spiro atoms. The first-order chi connectivity index (χ1) is 9.47. The van der Waals surface area contributed by atoms with Crippen molar-refractivity contribution in [3.05, 3.63) is 51.5 Å². The number of aryl methyl sites for hydroxylation is 1. The van der Waals surface area contributed by atoms with Gasteiger partial charge in [0.25, 0.3) is 0 Å². The van der Waals surface area contributed by atoms with Crippen LogP contribution < -0.4 is 5.32 Å². The second-order valence-electron chi connectivity index (χ2n) is 4.62. The average molecular weight is 298 g/mol. The van der Waals surface area contributed by atoms with Gasteiger partial charge in [-0.25, -0.2) is 13.8 Å². The second-order valence-corrected chi connectivity index (χ2v) is 5.89. The van der Waals surface area contributed by atoms with E-state index >= 15 is 0 Å². The van der Waals surface area contributed by atoms with Crippen LogP contribution in [-0.2, 0) is 0 Å². The average Bonchev–Trinajstić information content (AvgIpc) is 2.85. The first-order valence-corrected chi connectivity index (χ1v) is 7.07. The normalized spacial score (nSPS) is 14.2. The topological polar surface area (TPSA) is 45.2 Å². The molecule has 1 aromatic heterocycles. The van der Waals surface area contributed by atoms with Gasteiger partial charge in [-0.2, -0.15) is 0 Å². The molecule has 0 saturated heterocycles. The van der Waals surface area contributed by atoms with Crippen molar-refractivity contribution in [1.82, 2.24) is 10.3 Å². The molecule has 0 aliphatic rings. The molecule has 20 heavy (non-hydrogen) atoms. The number of hydrogen-bond donors (Lipinski definition) is 2. The number of aromatic nitrogens is 1. The summed E-state index contributed by atoms with van der Waals surface area (Å²) in [6.07, 6.45) is 0.676. The maximum Gasteiger partial charge on any atom is 0.129 e. The predicted molar refractivity (Wildman–Crippen MR) is 74.6 cm³/mol. The van der Waals surface area contributed by atoms with Gasteiger partial charge >= 0.3 is 0 Å². The van der Waals surface area contributed by atoms with E-state index in [0.29, 0.717) is 0 Å². The summed E-state index contributed by atoms with van der Waals surface area (Å²) in [6, 6.07) is 3.00. The molecule has 108 valence electrons. The highest BCUT2D eigenvalue weighted by atomic mass is 32.1. The Labute approximate surface area is 120 Å². The number of aliphatic hydroxyl groups excluding tert-OH is 1. The van der Waals surface area contributed by atoms with E-state index in [2.05, 4.69) is 10.3 Å². The fraction of sp³-hybridized carbons (Fsp3) is 0.357. The van der Waals surface area contributed by atoms with Crippen molar-refractivity contribution in [3.63, 3.8) is 0 Å². The number of benzene rings is 1. The Hall–Kier alpha value is -1.37. The molecule has 0 fully saturated rings. The molecule has 1 aromatic carbocycles. The van der Waals surface area contributed by atoms with Crippen LogP contribution in [0.15, 0.2) is 24.4 Å². The highest BCUT2D eigenvalue weighted by molar-refractivity contribution is 7.11. The quantitative estimate of drug-likeness (QED) is 0.891. The fourth-order valence-corrected chi connectivity index (χ4v) is 2.63. The Morgan fingerprint density at radius 3 is 2.80 bits per heavy atom. The highest BCUT2D eigenvalue weighted by Gasteiger charge is 2.16. The molecular formula is C14H16F2N2OS. The monoisotopic (exact) mass is 298 g/mol. The summed E-state index contributed by atoms with van der Waals surface area (Å²) >= 11 is 1.56. The third-order valence-electron chi connectivity index (χ3n) is 2.94. The Balaban J connectivity index is 1.98. The van der Waals surface area contributed by atoms with Crippen molar-refractivity contribution in [2.24, 2.45) is 0 Å². The summed E-state index contributed by atoms with van der Waals surface area (Å²) in [5, 5.41) is 13.9. The molecule has 0 aliphatic carbocycles. The number of thiazole rings is 1. The third-order valence-corrected chi connectivity index (χ3v) is 4.04. The van der Waals surface area contributed by atoms with E-state index in [1.54, 1.807) is 17.5 Å². The van der Waals surface area contributed by atoms with Gasteiger partial charge in [0.2, 0.25) is 0 Å². The number of halogens is 2. The molecule has 0 saturated carbocycles. The van der Waals surface area contributed by atoms with E-state index in [9.17, 15) is 13.9 Å². The maximum atomic E-state index is 13.5. The van der Waals surface area contributed by atoms with E-state index in [-0.39, 0.29) is 18.2 Å². The maximum absolute atomic E-state index is 13.5. The molecule has 0 aliphatic heterocycles. The molecule has 0 amide bonds. The number of aliphatic hydroxyl groups is 1. The summed E-state index contributed by atoms with van der Waals surface area (Å²) < 4.78 is 26.6. The van der Waals surface area contributed by atoms with Crippen LogP contribution in [0.1, 0.15) is 34.5 Å². The van der Waals surface area contributed by atoms with Crippen molar-refractivity contribution < 1.29 is 13.9 Å². The largest absolute Gasteiger partial charge is 0.387 e. The lowest BCUT2D eigenvalue weighted by Gasteiger charge is -2.16. The molecule has 1 heterocycles. The Kier molecular flexibility index (Phi) is 4.80. The van der Waals surface area contributed by atoms with Crippen molar-refractivity contribution in [2.75, 3.05) is 6.54 Å². The van der Waals surface area contributed by atoms with Gasteiger partial charge in [0.1, 0.15) is 16.6 Å². The van der Waals surface area contributed by atoms with E-state index in [4.69, 9.17) is 0 Å². The van der Waals surface area contributed by atoms with Crippen LogP contribution in [0.4, 0.5) is 8.78 Å². The number of nitrogens with one attached hydrogen (secondary N) is 1. The Morgan fingerprint density at radius 1 is 1.40 bits per heavy atom. The Bertz CT molecular complexity index is 588. The van der Waals surface area contributed by atoms with Crippen LogP contribution in [0.25, 0.3) is 0 Å². The number of rotatable bonds is 5. The predicted octanol–water partition coefficient (Wildman–Crippen LogP) is 3.11. The van der Waals surface area contributed by atoms with Crippen LogP contribution in [0.2, 0.25) is 0 Å². The van der Waals surface area contributed by atoms with E-state index in [1.807, 2.05) is 13.8 Å². The highest BCUT2D eigenvalue weighted by Crippen LogP contribution is 2.21. The van der Waals surface area contributed by atoms with Crippen molar-refractivity contribution >= 4 is 11.3 Å². The molecule has 2 N–H and O–H groups in total. The SMILES string of the molecule is Cc1cnc(C(C)NCC(O)c2cc(F)ccc2F)s1. The van der Waals surface area contributed by atoms with Gasteiger partial charge in [-0.15, -0.1) is 11.3 Å². The van der Waals surface area contributed by atoms with Crippen molar-refractivity contribution in [2.45, 2.75) is 26.0 Å². The summed E-state index contributed by atoms with van der Waals surface area (Å²) in [6.45, 7) is 4.00. The smallest absolute Gasteiger partial charge is 0.129 e. The summed E-state index contributed by atoms with van der Waals surface area (Å²) in [5.74, 6) is -1.18. The Morgan fingerprint density at radius 2 is 2.15 bits per heavy atom. The van der Waals surface area contributed by atoms with Gasteiger partial charge < -0.3 is 10.4 Å². The minimum atomic E-state index is -1.10. The van der Waals surface area contributed by atoms with Crippen LogP contribution in [0, 0.1) is 18.6 Å². The standard InChI is InChI=1S/C14H16F2N2OS/c1-8-6-18-14(20-8)9(2)17-7-13(19)11-5-10(15)3-4-12(11)16/h3-6,9,13,17,19H,7H2,1-2H3. The van der Waals surface area contributed by atoms with Crippen LogP contribution >= 0.6 is 11.3 Å². The molecule has 2 atom stereocenters. The number of hydrogen-bond acceptors (Lipinski definition) is 4. The van der Waals surface area contributed by atoms with E-state index < -0.39 is 17.7 Å². The lowest BCUT2D eigenvalue weighted by Crippen LogP contribution is -2.25. The molecule has 0 bridgehead atoms. The van der Waals surface area contributed by atoms with Crippen LogP contribution in [0.3, 0.4) is 0 Å².